The first-order valence-electron chi connectivity index (χ1n) is 7.26. The fourth-order valence-corrected chi connectivity index (χ4v) is 2.84. The lowest BCUT2D eigenvalue weighted by molar-refractivity contribution is 0.401. The molecular weight excluding hydrogens is 222 g/mol. The summed E-state index contributed by atoms with van der Waals surface area (Å²) in [5.41, 5.74) is 8.53. The molecule has 0 bridgehead atoms. The average Bonchev–Trinajstić information content (AvgIpc) is 2.85. The van der Waals surface area contributed by atoms with Crippen LogP contribution in [0.2, 0.25) is 0 Å². The Bertz CT molecular complexity index is 386. The second kappa shape index (κ2) is 6.74. The topological polar surface area (TPSA) is 43.8 Å². The lowest BCUT2D eigenvalue weighted by Crippen LogP contribution is -2.15. The standard InChI is InChI=1S/C15H25N3/c1-2-8-18-12-13(11-17-18)9-15(10-16)14-6-4-3-5-7-14/h9,11-12,14H,2-8,10,16H2,1H3/b15-9-. The molecule has 3 heteroatoms. The van der Waals surface area contributed by atoms with E-state index in [1.54, 1.807) is 0 Å². The van der Waals surface area contributed by atoms with Gasteiger partial charge in [0.05, 0.1) is 6.20 Å². The van der Waals surface area contributed by atoms with Crippen molar-refractivity contribution < 1.29 is 0 Å². The van der Waals surface area contributed by atoms with E-state index in [-0.39, 0.29) is 0 Å². The molecular formula is C15H25N3. The Balaban J connectivity index is 2.06. The van der Waals surface area contributed by atoms with Crippen molar-refractivity contribution in [2.45, 2.75) is 52.0 Å². The number of aryl methyl sites for hydroxylation is 1. The van der Waals surface area contributed by atoms with Crippen LogP contribution in [0.1, 0.15) is 51.0 Å². The van der Waals surface area contributed by atoms with Crippen molar-refractivity contribution in [3.05, 3.63) is 23.5 Å². The molecule has 1 aromatic heterocycles. The van der Waals surface area contributed by atoms with Crippen molar-refractivity contribution >= 4 is 6.08 Å². The molecule has 0 aromatic carbocycles. The van der Waals surface area contributed by atoms with Crippen LogP contribution in [0.5, 0.6) is 0 Å². The van der Waals surface area contributed by atoms with Crippen molar-refractivity contribution in [3.63, 3.8) is 0 Å². The van der Waals surface area contributed by atoms with Gasteiger partial charge >= 0.3 is 0 Å². The number of aromatic nitrogens is 2. The van der Waals surface area contributed by atoms with Crippen molar-refractivity contribution in [2.24, 2.45) is 11.7 Å². The van der Waals surface area contributed by atoms with Crippen LogP contribution in [0.3, 0.4) is 0 Å². The minimum atomic E-state index is 0.684. The van der Waals surface area contributed by atoms with Crippen molar-refractivity contribution in [2.75, 3.05) is 6.54 Å². The second-order valence-corrected chi connectivity index (χ2v) is 5.30. The van der Waals surface area contributed by atoms with E-state index in [1.165, 1.54) is 43.2 Å². The van der Waals surface area contributed by atoms with Crippen LogP contribution in [0.25, 0.3) is 6.08 Å². The van der Waals surface area contributed by atoms with Gasteiger partial charge in [0.25, 0.3) is 0 Å². The highest BCUT2D eigenvalue weighted by Crippen LogP contribution is 2.30. The summed E-state index contributed by atoms with van der Waals surface area (Å²) in [6, 6.07) is 0. The summed E-state index contributed by atoms with van der Waals surface area (Å²) < 4.78 is 2.01. The van der Waals surface area contributed by atoms with Gasteiger partial charge in [-0.2, -0.15) is 5.10 Å². The molecule has 0 spiro atoms. The van der Waals surface area contributed by atoms with Crippen molar-refractivity contribution in [1.82, 2.24) is 9.78 Å². The third-order valence-electron chi connectivity index (χ3n) is 3.82. The van der Waals surface area contributed by atoms with Gasteiger partial charge in [-0.15, -0.1) is 0 Å². The number of hydrogen-bond donors (Lipinski definition) is 1. The molecule has 0 unspecified atom stereocenters. The summed E-state index contributed by atoms with van der Waals surface area (Å²) in [7, 11) is 0. The molecule has 1 fully saturated rings. The highest BCUT2D eigenvalue weighted by atomic mass is 15.3. The minimum Gasteiger partial charge on any atom is -0.327 e. The Morgan fingerprint density at radius 2 is 2.22 bits per heavy atom. The quantitative estimate of drug-likeness (QED) is 0.868. The van der Waals surface area contributed by atoms with Crippen LogP contribution < -0.4 is 5.73 Å². The van der Waals surface area contributed by atoms with Gasteiger partial charge in [0, 0.05) is 24.8 Å². The fraction of sp³-hybridized carbons (Fsp3) is 0.667. The van der Waals surface area contributed by atoms with E-state index in [4.69, 9.17) is 5.73 Å². The van der Waals surface area contributed by atoms with Gasteiger partial charge in [-0.25, -0.2) is 0 Å². The molecule has 100 valence electrons. The largest absolute Gasteiger partial charge is 0.327 e. The van der Waals surface area contributed by atoms with Gasteiger partial charge < -0.3 is 5.73 Å². The van der Waals surface area contributed by atoms with Crippen LogP contribution >= 0.6 is 0 Å². The summed E-state index contributed by atoms with van der Waals surface area (Å²) in [5.74, 6) is 0.707. The zero-order valence-corrected chi connectivity index (χ0v) is 11.4. The zero-order chi connectivity index (χ0) is 12.8. The number of rotatable bonds is 5. The molecule has 1 heterocycles. The molecule has 3 nitrogen and oxygen atoms in total. The minimum absolute atomic E-state index is 0.684. The van der Waals surface area contributed by atoms with E-state index in [2.05, 4.69) is 24.3 Å². The van der Waals surface area contributed by atoms with E-state index in [1.807, 2.05) is 10.9 Å². The van der Waals surface area contributed by atoms with Crippen molar-refractivity contribution in [1.29, 1.82) is 0 Å². The summed E-state index contributed by atoms with van der Waals surface area (Å²) in [4.78, 5) is 0. The first kappa shape index (κ1) is 13.3. The molecule has 1 saturated carbocycles. The molecule has 2 N–H and O–H groups in total. The maximum atomic E-state index is 5.92. The molecule has 0 amide bonds. The Kier molecular flexibility index (Phi) is 5.00. The molecule has 1 aliphatic rings. The molecule has 18 heavy (non-hydrogen) atoms. The predicted octanol–water partition coefficient (Wildman–Crippen LogP) is 3.22. The van der Waals surface area contributed by atoms with E-state index in [9.17, 15) is 0 Å². The number of nitrogens with zero attached hydrogens (tertiary/aromatic N) is 2. The third-order valence-corrected chi connectivity index (χ3v) is 3.82. The first-order valence-corrected chi connectivity index (χ1v) is 7.26. The van der Waals surface area contributed by atoms with Gasteiger partial charge in [0.1, 0.15) is 0 Å². The number of hydrogen-bond acceptors (Lipinski definition) is 2. The van der Waals surface area contributed by atoms with E-state index in [0.29, 0.717) is 12.5 Å². The van der Waals surface area contributed by atoms with Crippen molar-refractivity contribution in [3.8, 4) is 0 Å². The molecule has 0 saturated heterocycles. The van der Waals surface area contributed by atoms with Crippen LogP contribution in [0.15, 0.2) is 18.0 Å². The summed E-state index contributed by atoms with van der Waals surface area (Å²) in [5, 5.41) is 4.37. The van der Waals surface area contributed by atoms with E-state index < -0.39 is 0 Å². The highest BCUT2D eigenvalue weighted by Gasteiger charge is 2.16. The van der Waals surface area contributed by atoms with Gasteiger partial charge in [-0.3, -0.25) is 4.68 Å². The molecule has 0 radical (unpaired) electrons. The maximum absolute atomic E-state index is 5.92. The van der Waals surface area contributed by atoms with E-state index in [0.717, 1.165) is 13.0 Å². The Morgan fingerprint density at radius 3 is 2.89 bits per heavy atom. The van der Waals surface area contributed by atoms with Crippen LogP contribution in [0.4, 0.5) is 0 Å². The summed E-state index contributed by atoms with van der Waals surface area (Å²) >= 11 is 0. The smallest absolute Gasteiger partial charge is 0.0562 e. The Morgan fingerprint density at radius 1 is 1.44 bits per heavy atom. The number of nitrogens with two attached hydrogens (primary N) is 1. The highest BCUT2D eigenvalue weighted by molar-refractivity contribution is 5.52. The Hall–Kier alpha value is -1.09. The summed E-state index contributed by atoms with van der Waals surface area (Å²) in [6.07, 6.45) is 14.2. The third kappa shape index (κ3) is 3.45. The SMILES string of the molecule is CCCn1cc(/C=C(/CN)C2CCCCC2)cn1. The summed E-state index contributed by atoms with van der Waals surface area (Å²) in [6.45, 7) is 3.85. The van der Waals surface area contributed by atoms with Crippen LogP contribution in [-0.2, 0) is 6.54 Å². The fourth-order valence-electron chi connectivity index (χ4n) is 2.84. The van der Waals surface area contributed by atoms with Gasteiger partial charge in [-0.05, 0) is 25.2 Å². The molecule has 0 atom stereocenters. The second-order valence-electron chi connectivity index (χ2n) is 5.30. The average molecular weight is 247 g/mol. The van der Waals surface area contributed by atoms with Gasteiger partial charge in [0.15, 0.2) is 0 Å². The van der Waals surface area contributed by atoms with Gasteiger partial charge in [-0.1, -0.05) is 37.8 Å². The lowest BCUT2D eigenvalue weighted by Gasteiger charge is -2.23. The zero-order valence-electron chi connectivity index (χ0n) is 11.4. The van der Waals surface area contributed by atoms with Crippen LogP contribution in [0, 0.1) is 5.92 Å². The lowest BCUT2D eigenvalue weighted by atomic mass is 9.83. The molecule has 2 rings (SSSR count). The monoisotopic (exact) mass is 247 g/mol. The normalized spacial score (nSPS) is 18.2. The molecule has 1 aliphatic carbocycles. The van der Waals surface area contributed by atoms with Crippen LogP contribution in [-0.4, -0.2) is 16.3 Å². The predicted molar refractivity (Wildman–Crippen MR) is 76.1 cm³/mol. The Labute approximate surface area is 110 Å². The molecule has 1 aromatic rings. The first-order chi connectivity index (χ1) is 8.83. The van der Waals surface area contributed by atoms with Gasteiger partial charge in [0.2, 0.25) is 0 Å². The maximum Gasteiger partial charge on any atom is 0.0562 e. The van der Waals surface area contributed by atoms with E-state index >= 15 is 0 Å². The molecule has 0 aliphatic heterocycles.